The molecule has 33 heavy (non-hydrogen) atoms. The van der Waals surface area contributed by atoms with Gasteiger partial charge in [-0.05, 0) is 63.4 Å². The second kappa shape index (κ2) is 9.49. The molecule has 0 N–H and O–H groups in total. The van der Waals surface area contributed by atoms with Crippen LogP contribution >= 0.6 is 0 Å². The van der Waals surface area contributed by atoms with Crippen molar-refractivity contribution in [2.45, 2.75) is 58.0 Å². The molecule has 1 aromatic heterocycles. The molecule has 0 atom stereocenters. The Bertz CT molecular complexity index is 969. The van der Waals surface area contributed by atoms with E-state index in [9.17, 15) is 22.8 Å². The van der Waals surface area contributed by atoms with Crippen molar-refractivity contribution in [2.75, 3.05) is 20.1 Å². The van der Waals surface area contributed by atoms with Gasteiger partial charge in [0.1, 0.15) is 11.3 Å². The second-order valence-electron chi connectivity index (χ2n) is 9.36. The number of aromatic nitrogens is 1. The zero-order valence-electron chi connectivity index (χ0n) is 19.4. The summed E-state index contributed by atoms with van der Waals surface area (Å²) >= 11 is 0. The molecule has 180 valence electrons. The molecule has 2 amide bonds. The van der Waals surface area contributed by atoms with Gasteiger partial charge in [-0.15, -0.1) is 0 Å². The van der Waals surface area contributed by atoms with Crippen molar-refractivity contribution >= 4 is 12.0 Å². The fourth-order valence-electron chi connectivity index (χ4n) is 3.89. The fraction of sp³-hybridized carbons (Fsp3) is 0.500. The van der Waals surface area contributed by atoms with Gasteiger partial charge in [-0.2, -0.15) is 13.2 Å². The predicted octanol–water partition coefficient (Wildman–Crippen LogP) is 5.35. The molecule has 9 heteroatoms. The lowest BCUT2D eigenvalue weighted by atomic mass is 10.0. The number of hydrogen-bond donors (Lipinski definition) is 0. The lowest BCUT2D eigenvalue weighted by Gasteiger charge is -2.34. The molecule has 1 saturated heterocycles. The Morgan fingerprint density at radius 3 is 2.21 bits per heavy atom. The zero-order valence-corrected chi connectivity index (χ0v) is 19.4. The van der Waals surface area contributed by atoms with Gasteiger partial charge in [-0.25, -0.2) is 4.79 Å². The highest BCUT2D eigenvalue weighted by Crippen LogP contribution is 2.29. The van der Waals surface area contributed by atoms with E-state index in [1.165, 1.54) is 17.0 Å². The molecule has 0 spiro atoms. The third-order valence-corrected chi connectivity index (χ3v) is 5.56. The largest absolute Gasteiger partial charge is 0.444 e. The van der Waals surface area contributed by atoms with Crippen LogP contribution in [0.25, 0.3) is 0 Å². The normalized spacial score (nSPS) is 15.4. The number of halogens is 3. The number of benzene rings is 1. The van der Waals surface area contributed by atoms with E-state index < -0.39 is 17.3 Å². The molecular formula is C24H30F3N3O3. The van der Waals surface area contributed by atoms with E-state index >= 15 is 0 Å². The Morgan fingerprint density at radius 2 is 1.67 bits per heavy atom. The average molecular weight is 466 g/mol. The molecule has 0 unspecified atom stereocenters. The summed E-state index contributed by atoms with van der Waals surface area (Å²) < 4.78 is 45.7. The van der Waals surface area contributed by atoms with E-state index in [0.717, 1.165) is 12.1 Å². The first-order valence-electron chi connectivity index (χ1n) is 10.9. The molecule has 0 bridgehead atoms. The number of carbonyl (C=O) groups excluding carboxylic acids is 2. The number of piperidine rings is 1. The number of carbonyl (C=O) groups is 2. The van der Waals surface area contributed by atoms with E-state index in [2.05, 4.69) is 0 Å². The summed E-state index contributed by atoms with van der Waals surface area (Å²) in [5.74, 6) is -0.213. The SMILES string of the molecule is CN(Cc1ccc(C(F)(F)F)cc1)C(=O)c1cccn1C1CCN(C(=O)OC(C)(C)C)CC1. The molecule has 2 heterocycles. The van der Waals surface area contributed by atoms with Crippen LogP contribution in [0.4, 0.5) is 18.0 Å². The average Bonchev–Trinajstić information content (AvgIpc) is 3.21. The Morgan fingerprint density at radius 1 is 1.06 bits per heavy atom. The second-order valence-corrected chi connectivity index (χ2v) is 9.36. The van der Waals surface area contributed by atoms with Gasteiger partial charge in [0.15, 0.2) is 0 Å². The summed E-state index contributed by atoms with van der Waals surface area (Å²) in [5, 5.41) is 0. The highest BCUT2D eigenvalue weighted by atomic mass is 19.4. The van der Waals surface area contributed by atoms with Crippen LogP contribution in [0.2, 0.25) is 0 Å². The Balaban J connectivity index is 1.62. The van der Waals surface area contributed by atoms with Crippen LogP contribution in [0, 0.1) is 0 Å². The number of alkyl halides is 3. The van der Waals surface area contributed by atoms with Crippen LogP contribution in [-0.4, -0.2) is 52.1 Å². The van der Waals surface area contributed by atoms with Crippen molar-refractivity contribution in [1.82, 2.24) is 14.4 Å². The number of amides is 2. The number of ether oxygens (including phenoxy) is 1. The first-order valence-corrected chi connectivity index (χ1v) is 10.9. The number of rotatable bonds is 4. The van der Waals surface area contributed by atoms with Crippen LogP contribution in [0.3, 0.4) is 0 Å². The summed E-state index contributed by atoms with van der Waals surface area (Å²) in [5.41, 5.74) is -0.138. The predicted molar refractivity (Wildman–Crippen MR) is 118 cm³/mol. The molecule has 2 aromatic rings. The van der Waals surface area contributed by atoms with Gasteiger partial charge in [0.2, 0.25) is 0 Å². The van der Waals surface area contributed by atoms with E-state index in [1.54, 1.807) is 24.1 Å². The highest BCUT2D eigenvalue weighted by Gasteiger charge is 2.31. The van der Waals surface area contributed by atoms with Crippen molar-refractivity contribution < 1.29 is 27.5 Å². The van der Waals surface area contributed by atoms with Crippen LogP contribution in [-0.2, 0) is 17.5 Å². The van der Waals surface area contributed by atoms with Gasteiger partial charge < -0.3 is 19.1 Å². The molecule has 0 saturated carbocycles. The van der Waals surface area contributed by atoms with Gasteiger partial charge in [-0.3, -0.25) is 4.79 Å². The summed E-state index contributed by atoms with van der Waals surface area (Å²) in [4.78, 5) is 28.5. The fourth-order valence-corrected chi connectivity index (χ4v) is 3.89. The number of hydrogen-bond acceptors (Lipinski definition) is 3. The monoisotopic (exact) mass is 465 g/mol. The van der Waals surface area contributed by atoms with Crippen LogP contribution < -0.4 is 0 Å². The van der Waals surface area contributed by atoms with Crippen molar-refractivity contribution in [1.29, 1.82) is 0 Å². The lowest BCUT2D eigenvalue weighted by molar-refractivity contribution is -0.137. The lowest BCUT2D eigenvalue weighted by Crippen LogP contribution is -2.42. The summed E-state index contributed by atoms with van der Waals surface area (Å²) in [7, 11) is 1.63. The molecule has 0 radical (unpaired) electrons. The summed E-state index contributed by atoms with van der Waals surface area (Å²) in [6.45, 7) is 6.75. The summed E-state index contributed by atoms with van der Waals surface area (Å²) in [6.07, 6.45) is -1.48. The maximum atomic E-state index is 13.1. The van der Waals surface area contributed by atoms with Crippen molar-refractivity contribution in [2.24, 2.45) is 0 Å². The molecule has 1 fully saturated rings. The molecule has 0 aliphatic carbocycles. The standard InChI is InChI=1S/C24H30F3N3O3/c1-23(2,3)33-22(32)29-14-11-19(12-15-29)30-13-5-6-20(30)21(31)28(4)16-17-7-9-18(10-8-17)24(25,26)27/h5-10,13,19H,11-12,14-16H2,1-4H3. The van der Waals surface area contributed by atoms with Gasteiger partial charge in [0.25, 0.3) is 5.91 Å². The molecular weight excluding hydrogens is 435 g/mol. The number of nitrogens with zero attached hydrogens (tertiary/aromatic N) is 3. The molecule has 1 aliphatic heterocycles. The first kappa shape index (κ1) is 24.7. The third kappa shape index (κ3) is 6.30. The Kier molecular flexibility index (Phi) is 7.09. The van der Waals surface area contributed by atoms with Crippen molar-refractivity contribution in [3.05, 3.63) is 59.4 Å². The number of likely N-dealkylation sites (tertiary alicyclic amines) is 1. The molecule has 1 aromatic carbocycles. The summed E-state index contributed by atoms with van der Waals surface area (Å²) in [6, 6.07) is 8.43. The quantitative estimate of drug-likeness (QED) is 0.612. The molecule has 3 rings (SSSR count). The van der Waals surface area contributed by atoms with Gasteiger partial charge in [0.05, 0.1) is 5.56 Å². The minimum absolute atomic E-state index is 0.0668. The minimum atomic E-state index is -4.39. The third-order valence-electron chi connectivity index (χ3n) is 5.56. The van der Waals surface area contributed by atoms with E-state index in [0.29, 0.717) is 37.2 Å². The first-order chi connectivity index (χ1) is 15.3. The van der Waals surface area contributed by atoms with E-state index in [1.807, 2.05) is 31.5 Å². The van der Waals surface area contributed by atoms with Crippen LogP contribution in [0.1, 0.15) is 61.3 Å². The molecule has 1 aliphatic rings. The Labute approximate surface area is 191 Å². The maximum Gasteiger partial charge on any atom is 0.416 e. The maximum absolute atomic E-state index is 13.1. The highest BCUT2D eigenvalue weighted by molar-refractivity contribution is 5.92. The van der Waals surface area contributed by atoms with Crippen molar-refractivity contribution in [3.63, 3.8) is 0 Å². The van der Waals surface area contributed by atoms with Crippen LogP contribution in [0.15, 0.2) is 42.6 Å². The smallest absolute Gasteiger partial charge is 0.416 e. The van der Waals surface area contributed by atoms with Gasteiger partial charge >= 0.3 is 12.3 Å². The topological polar surface area (TPSA) is 54.8 Å². The van der Waals surface area contributed by atoms with Gasteiger partial charge in [-0.1, -0.05) is 12.1 Å². The zero-order chi connectivity index (χ0) is 24.4. The van der Waals surface area contributed by atoms with Gasteiger partial charge in [0, 0.05) is 38.9 Å². The minimum Gasteiger partial charge on any atom is -0.444 e. The molecule has 6 nitrogen and oxygen atoms in total. The van der Waals surface area contributed by atoms with Crippen LogP contribution in [0.5, 0.6) is 0 Å². The van der Waals surface area contributed by atoms with E-state index in [-0.39, 0.29) is 24.6 Å². The van der Waals surface area contributed by atoms with Crippen molar-refractivity contribution in [3.8, 4) is 0 Å². The van der Waals surface area contributed by atoms with E-state index in [4.69, 9.17) is 4.74 Å². The Hall–Kier alpha value is -2.97.